The summed E-state index contributed by atoms with van der Waals surface area (Å²) in [6, 6.07) is 16.0. The molecule has 190 valence electrons. The van der Waals surface area contributed by atoms with Crippen molar-refractivity contribution in [1.82, 2.24) is 4.31 Å². The molecule has 0 unspecified atom stereocenters. The number of anilines is 2. The van der Waals surface area contributed by atoms with Crippen LogP contribution in [0.25, 0.3) is 0 Å². The highest BCUT2D eigenvalue weighted by molar-refractivity contribution is 7.92. The molecule has 0 radical (unpaired) electrons. The Morgan fingerprint density at radius 1 is 0.889 bits per heavy atom. The van der Waals surface area contributed by atoms with Gasteiger partial charge in [-0.05, 0) is 67.4 Å². The van der Waals surface area contributed by atoms with E-state index in [4.69, 9.17) is 16.3 Å². The second-order valence-corrected chi connectivity index (χ2v) is 12.1. The lowest BCUT2D eigenvalue weighted by Gasteiger charge is -2.16. The van der Waals surface area contributed by atoms with Crippen molar-refractivity contribution < 1.29 is 26.4 Å². The van der Waals surface area contributed by atoms with E-state index in [-0.39, 0.29) is 37.5 Å². The standard InChI is InChI=1S/C24H24ClN3O6S2/c1-34-23-13-12-19(35(30,31)27-21-7-3-2-6-20(21)25)16-22(23)26-24(29)17-8-10-18(11-9-17)36(32,33)28-14-4-5-15-28/h2-3,6-13,16,27H,4-5,14-15H2,1H3,(H,26,29). The van der Waals surface area contributed by atoms with Gasteiger partial charge in [-0.25, -0.2) is 16.8 Å². The summed E-state index contributed by atoms with van der Waals surface area (Å²) in [5.74, 6) is -0.319. The Bertz CT molecular complexity index is 1490. The molecule has 1 amide bonds. The summed E-state index contributed by atoms with van der Waals surface area (Å²) in [6.45, 7) is 0.962. The Hall–Kier alpha value is -3.12. The van der Waals surface area contributed by atoms with E-state index in [9.17, 15) is 21.6 Å². The minimum absolute atomic E-state index is 0.109. The number of rotatable bonds is 8. The topological polar surface area (TPSA) is 122 Å². The molecule has 9 nitrogen and oxygen atoms in total. The number of hydrogen-bond donors (Lipinski definition) is 2. The van der Waals surface area contributed by atoms with Crippen molar-refractivity contribution in [3.63, 3.8) is 0 Å². The van der Waals surface area contributed by atoms with Gasteiger partial charge in [0.05, 0.1) is 33.3 Å². The predicted octanol–water partition coefficient (Wildman–Crippen LogP) is 4.19. The van der Waals surface area contributed by atoms with Crippen LogP contribution in [0.3, 0.4) is 0 Å². The van der Waals surface area contributed by atoms with Gasteiger partial charge in [-0.1, -0.05) is 23.7 Å². The maximum Gasteiger partial charge on any atom is 0.262 e. The molecule has 0 saturated carbocycles. The lowest BCUT2D eigenvalue weighted by Crippen LogP contribution is -2.27. The molecule has 1 aliphatic heterocycles. The smallest absolute Gasteiger partial charge is 0.262 e. The molecule has 0 aliphatic carbocycles. The Morgan fingerprint density at radius 2 is 1.53 bits per heavy atom. The quantitative estimate of drug-likeness (QED) is 0.434. The molecule has 0 aromatic heterocycles. The number of amides is 1. The highest BCUT2D eigenvalue weighted by Gasteiger charge is 2.27. The van der Waals surface area contributed by atoms with Gasteiger partial charge in [-0.15, -0.1) is 0 Å². The molecule has 0 bridgehead atoms. The fraction of sp³-hybridized carbons (Fsp3) is 0.208. The van der Waals surface area contributed by atoms with E-state index >= 15 is 0 Å². The van der Waals surface area contributed by atoms with E-state index in [1.807, 2.05) is 0 Å². The first-order valence-electron chi connectivity index (χ1n) is 11.0. The second-order valence-electron chi connectivity index (χ2n) is 8.04. The number of carbonyl (C=O) groups is 1. The highest BCUT2D eigenvalue weighted by atomic mass is 35.5. The van der Waals surface area contributed by atoms with Gasteiger partial charge in [0.15, 0.2) is 0 Å². The average molecular weight is 550 g/mol. The zero-order chi connectivity index (χ0) is 25.9. The van der Waals surface area contributed by atoms with Crippen LogP contribution in [-0.4, -0.2) is 47.2 Å². The molecule has 12 heteroatoms. The monoisotopic (exact) mass is 549 g/mol. The maximum absolute atomic E-state index is 12.9. The van der Waals surface area contributed by atoms with Crippen LogP contribution in [0, 0.1) is 0 Å². The fourth-order valence-electron chi connectivity index (χ4n) is 3.75. The van der Waals surface area contributed by atoms with Crippen molar-refractivity contribution in [3.05, 3.63) is 77.3 Å². The fourth-order valence-corrected chi connectivity index (χ4v) is 6.61. The largest absolute Gasteiger partial charge is 0.495 e. The van der Waals surface area contributed by atoms with Gasteiger partial charge in [-0.3, -0.25) is 9.52 Å². The number of para-hydroxylation sites is 1. The number of hydrogen-bond acceptors (Lipinski definition) is 6. The summed E-state index contributed by atoms with van der Waals surface area (Å²) < 4.78 is 60.4. The van der Waals surface area contributed by atoms with Crippen LogP contribution in [-0.2, 0) is 20.0 Å². The SMILES string of the molecule is COc1ccc(S(=O)(=O)Nc2ccccc2Cl)cc1NC(=O)c1ccc(S(=O)(=O)N2CCCC2)cc1. The summed E-state index contributed by atoms with van der Waals surface area (Å²) >= 11 is 6.07. The summed E-state index contributed by atoms with van der Waals surface area (Å²) in [5.41, 5.74) is 0.530. The maximum atomic E-state index is 12.9. The molecule has 0 atom stereocenters. The minimum atomic E-state index is -4.03. The molecule has 1 aliphatic rings. The van der Waals surface area contributed by atoms with Crippen molar-refractivity contribution in [1.29, 1.82) is 0 Å². The van der Waals surface area contributed by atoms with Gasteiger partial charge in [0.1, 0.15) is 5.75 Å². The van der Waals surface area contributed by atoms with E-state index in [2.05, 4.69) is 10.0 Å². The third-order valence-electron chi connectivity index (χ3n) is 5.67. The number of nitrogens with one attached hydrogen (secondary N) is 2. The van der Waals surface area contributed by atoms with Crippen molar-refractivity contribution >= 4 is 48.9 Å². The Morgan fingerprint density at radius 3 is 2.17 bits per heavy atom. The lowest BCUT2D eigenvalue weighted by molar-refractivity contribution is 0.102. The molecular formula is C24H24ClN3O6S2. The summed E-state index contributed by atoms with van der Waals surface area (Å²) in [6.07, 6.45) is 1.65. The number of methoxy groups -OCH3 is 1. The number of nitrogens with zero attached hydrogens (tertiary/aromatic N) is 1. The molecule has 3 aromatic rings. The Balaban J connectivity index is 1.56. The molecule has 1 heterocycles. The van der Waals surface area contributed by atoms with Crippen LogP contribution in [0.4, 0.5) is 11.4 Å². The van der Waals surface area contributed by atoms with E-state index in [1.54, 1.807) is 18.2 Å². The molecule has 1 saturated heterocycles. The van der Waals surface area contributed by atoms with E-state index < -0.39 is 26.0 Å². The van der Waals surface area contributed by atoms with Gasteiger partial charge in [0.25, 0.3) is 15.9 Å². The predicted molar refractivity (Wildman–Crippen MR) is 138 cm³/mol. The van der Waals surface area contributed by atoms with Crippen LogP contribution >= 0.6 is 11.6 Å². The number of carbonyl (C=O) groups excluding carboxylic acids is 1. The van der Waals surface area contributed by atoms with Crippen molar-refractivity contribution in [2.24, 2.45) is 0 Å². The van der Waals surface area contributed by atoms with Gasteiger partial charge < -0.3 is 10.1 Å². The van der Waals surface area contributed by atoms with Crippen molar-refractivity contribution in [2.45, 2.75) is 22.6 Å². The van der Waals surface area contributed by atoms with Crippen molar-refractivity contribution in [3.8, 4) is 5.75 Å². The number of ether oxygens (including phenoxy) is 1. The molecule has 1 fully saturated rings. The Kier molecular flexibility index (Phi) is 7.55. The van der Waals surface area contributed by atoms with Gasteiger partial charge >= 0.3 is 0 Å². The molecule has 4 rings (SSSR count). The van der Waals surface area contributed by atoms with E-state index in [1.165, 1.54) is 59.9 Å². The average Bonchev–Trinajstić information content (AvgIpc) is 3.41. The van der Waals surface area contributed by atoms with Crippen LogP contribution < -0.4 is 14.8 Å². The zero-order valence-corrected chi connectivity index (χ0v) is 21.7. The van der Waals surface area contributed by atoms with Crippen molar-refractivity contribution in [2.75, 3.05) is 30.2 Å². The van der Waals surface area contributed by atoms with Crippen LogP contribution in [0.2, 0.25) is 5.02 Å². The van der Waals surface area contributed by atoms with Crippen LogP contribution in [0.15, 0.2) is 76.5 Å². The van der Waals surface area contributed by atoms with Gasteiger partial charge in [0.2, 0.25) is 10.0 Å². The lowest BCUT2D eigenvalue weighted by atomic mass is 10.2. The highest BCUT2D eigenvalue weighted by Crippen LogP contribution is 2.30. The van der Waals surface area contributed by atoms with Gasteiger partial charge in [-0.2, -0.15) is 4.31 Å². The molecule has 36 heavy (non-hydrogen) atoms. The minimum Gasteiger partial charge on any atom is -0.495 e. The van der Waals surface area contributed by atoms with E-state index in [0.29, 0.717) is 13.1 Å². The first-order valence-corrected chi connectivity index (χ1v) is 14.3. The molecule has 0 spiro atoms. The number of sulfonamides is 2. The molecular weight excluding hydrogens is 526 g/mol. The molecule has 2 N–H and O–H groups in total. The Labute approximate surface area is 215 Å². The summed E-state index contributed by atoms with van der Waals surface area (Å²) in [7, 11) is -6.24. The number of benzene rings is 3. The molecule has 3 aromatic carbocycles. The summed E-state index contributed by atoms with van der Waals surface area (Å²) in [4.78, 5) is 12.9. The third kappa shape index (κ3) is 5.49. The second kappa shape index (κ2) is 10.5. The third-order valence-corrected chi connectivity index (χ3v) is 9.27. The summed E-state index contributed by atoms with van der Waals surface area (Å²) in [5, 5.41) is 2.87. The van der Waals surface area contributed by atoms with Gasteiger partial charge in [0, 0.05) is 18.7 Å². The first kappa shape index (κ1) is 26.0. The van der Waals surface area contributed by atoms with E-state index in [0.717, 1.165) is 12.8 Å². The first-order chi connectivity index (χ1) is 17.1. The zero-order valence-electron chi connectivity index (χ0n) is 19.3. The van der Waals surface area contributed by atoms with Crippen LogP contribution in [0.5, 0.6) is 5.75 Å². The normalized spacial score (nSPS) is 14.4. The number of halogens is 1. The van der Waals surface area contributed by atoms with Crippen LogP contribution in [0.1, 0.15) is 23.2 Å².